The van der Waals surface area contributed by atoms with Gasteiger partial charge in [-0.1, -0.05) is 25.0 Å². The second-order valence-corrected chi connectivity index (χ2v) is 8.38. The van der Waals surface area contributed by atoms with Crippen molar-refractivity contribution in [1.29, 1.82) is 0 Å². The zero-order valence-corrected chi connectivity index (χ0v) is 18.4. The summed E-state index contributed by atoms with van der Waals surface area (Å²) >= 11 is 0. The molecular weight excluding hydrogens is 420 g/mol. The number of carbonyl (C=O) groups excluding carboxylic acids is 1. The van der Waals surface area contributed by atoms with Gasteiger partial charge < -0.3 is 39.4 Å². The maximum absolute atomic E-state index is 11.8. The van der Waals surface area contributed by atoms with E-state index in [2.05, 4.69) is 0 Å². The lowest BCUT2D eigenvalue weighted by molar-refractivity contribution is -0.254. The van der Waals surface area contributed by atoms with E-state index in [1.807, 2.05) is 0 Å². The number of benzene rings is 1. The number of epoxide rings is 1. The van der Waals surface area contributed by atoms with Gasteiger partial charge in [-0.25, -0.2) is 4.79 Å². The van der Waals surface area contributed by atoms with Gasteiger partial charge in [0.05, 0.1) is 25.9 Å². The largest absolute Gasteiger partial charge is 0.494 e. The molecule has 2 fully saturated rings. The Morgan fingerprint density at radius 3 is 2.50 bits per heavy atom. The minimum Gasteiger partial charge on any atom is -0.494 e. The van der Waals surface area contributed by atoms with Crippen LogP contribution in [0.5, 0.6) is 5.75 Å². The van der Waals surface area contributed by atoms with E-state index in [-0.39, 0.29) is 12.4 Å². The molecule has 0 bridgehead atoms. The van der Waals surface area contributed by atoms with Crippen molar-refractivity contribution in [2.24, 2.45) is 0 Å². The summed E-state index contributed by atoms with van der Waals surface area (Å²) in [5.41, 5.74) is -0.214. The summed E-state index contributed by atoms with van der Waals surface area (Å²) in [6.45, 7) is 3.15. The van der Waals surface area contributed by atoms with Crippen molar-refractivity contribution >= 4 is 5.97 Å². The molecule has 6 atom stereocenters. The molecule has 0 saturated carbocycles. The van der Waals surface area contributed by atoms with E-state index in [0.717, 1.165) is 25.7 Å². The van der Waals surface area contributed by atoms with Gasteiger partial charge in [0.2, 0.25) is 0 Å². The number of esters is 1. The second kappa shape index (κ2) is 11.4. The molecule has 2 aliphatic heterocycles. The highest BCUT2D eigenvalue weighted by molar-refractivity contribution is 5.82. The number of unbranched alkanes of at least 4 members (excludes halogenated alkanes) is 3. The molecule has 2 heterocycles. The van der Waals surface area contributed by atoms with Crippen LogP contribution in [0.3, 0.4) is 0 Å². The molecule has 180 valence electrons. The fourth-order valence-electron chi connectivity index (χ4n) is 3.86. The average Bonchev–Trinajstić information content (AvgIpc) is 3.57. The van der Waals surface area contributed by atoms with Crippen molar-refractivity contribution in [1.82, 2.24) is 0 Å². The summed E-state index contributed by atoms with van der Waals surface area (Å²) in [5.74, 6) is 0.396. The second-order valence-electron chi connectivity index (χ2n) is 8.38. The van der Waals surface area contributed by atoms with Crippen molar-refractivity contribution in [2.45, 2.75) is 81.8 Å². The van der Waals surface area contributed by atoms with Gasteiger partial charge in [-0.2, -0.15) is 0 Å². The van der Waals surface area contributed by atoms with Gasteiger partial charge in [0.25, 0.3) is 0 Å². The smallest absolute Gasteiger partial charge is 0.340 e. The Labute approximate surface area is 187 Å². The van der Waals surface area contributed by atoms with Gasteiger partial charge >= 0.3 is 5.97 Å². The minimum atomic E-state index is -1.29. The molecule has 0 amide bonds. The van der Waals surface area contributed by atoms with Crippen LogP contribution in [0.2, 0.25) is 0 Å². The SMILES string of the molecule is CCOC(=O)C1(CCCCCCOc2ccc(C(O)C3OC(O)CC(O)C3O)cc2)CO1. The maximum atomic E-state index is 11.8. The summed E-state index contributed by atoms with van der Waals surface area (Å²) in [7, 11) is 0. The number of hydrogen-bond donors (Lipinski definition) is 4. The van der Waals surface area contributed by atoms with Crippen LogP contribution >= 0.6 is 0 Å². The van der Waals surface area contributed by atoms with Gasteiger partial charge in [0.1, 0.15) is 24.1 Å². The first-order valence-corrected chi connectivity index (χ1v) is 11.3. The van der Waals surface area contributed by atoms with E-state index in [0.29, 0.717) is 37.6 Å². The third kappa shape index (κ3) is 6.40. The van der Waals surface area contributed by atoms with Gasteiger partial charge in [-0.3, -0.25) is 0 Å². The third-order valence-electron chi connectivity index (χ3n) is 5.90. The van der Waals surface area contributed by atoms with E-state index in [1.165, 1.54) is 0 Å². The Bertz CT molecular complexity index is 719. The van der Waals surface area contributed by atoms with E-state index < -0.39 is 36.3 Å². The number of hydrogen-bond acceptors (Lipinski definition) is 9. The first-order chi connectivity index (χ1) is 15.4. The molecule has 0 aromatic heterocycles. The molecule has 3 rings (SSSR count). The summed E-state index contributed by atoms with van der Waals surface area (Å²) in [5, 5.41) is 39.9. The van der Waals surface area contributed by atoms with E-state index in [9.17, 15) is 25.2 Å². The van der Waals surface area contributed by atoms with Crippen LogP contribution in [0.4, 0.5) is 0 Å². The van der Waals surface area contributed by atoms with E-state index in [4.69, 9.17) is 18.9 Å². The van der Waals surface area contributed by atoms with Crippen LogP contribution in [0.1, 0.15) is 57.1 Å². The van der Waals surface area contributed by atoms with Crippen LogP contribution in [0.25, 0.3) is 0 Å². The Morgan fingerprint density at radius 1 is 1.16 bits per heavy atom. The van der Waals surface area contributed by atoms with Crippen LogP contribution in [-0.2, 0) is 19.0 Å². The number of aliphatic hydroxyl groups excluding tert-OH is 4. The third-order valence-corrected chi connectivity index (χ3v) is 5.90. The molecule has 9 heteroatoms. The Morgan fingerprint density at radius 2 is 1.84 bits per heavy atom. The fourth-order valence-corrected chi connectivity index (χ4v) is 3.86. The lowest BCUT2D eigenvalue weighted by atomic mass is 9.93. The highest BCUT2D eigenvalue weighted by atomic mass is 16.6. The van der Waals surface area contributed by atoms with Crippen molar-refractivity contribution < 1.29 is 44.2 Å². The predicted molar refractivity (Wildman–Crippen MR) is 113 cm³/mol. The molecule has 32 heavy (non-hydrogen) atoms. The molecular formula is C23H34O9. The number of rotatable bonds is 12. The molecule has 2 saturated heterocycles. The number of aliphatic hydroxyl groups is 4. The Kier molecular flexibility index (Phi) is 8.87. The van der Waals surface area contributed by atoms with Gasteiger partial charge in [-0.15, -0.1) is 0 Å². The fraction of sp³-hybridized carbons (Fsp3) is 0.696. The molecule has 0 spiro atoms. The van der Waals surface area contributed by atoms with Crippen molar-refractivity contribution in [3.63, 3.8) is 0 Å². The number of ether oxygens (including phenoxy) is 4. The zero-order valence-electron chi connectivity index (χ0n) is 18.4. The monoisotopic (exact) mass is 454 g/mol. The standard InChI is InChI=1S/C23H34O9/c1-2-29-22(28)23(14-31-23)11-5-3-4-6-12-30-16-9-7-15(8-10-16)19(26)21-20(27)17(24)13-18(25)32-21/h7-10,17-21,24-27H,2-6,11-14H2,1H3. The molecule has 1 aromatic carbocycles. The zero-order chi connectivity index (χ0) is 23.1. The molecule has 2 aliphatic rings. The summed E-state index contributed by atoms with van der Waals surface area (Å²) in [6.07, 6.45) is -1.71. The minimum absolute atomic E-state index is 0.1000. The average molecular weight is 455 g/mol. The first kappa shape index (κ1) is 24.9. The van der Waals surface area contributed by atoms with Gasteiger partial charge in [0, 0.05) is 6.42 Å². The molecule has 1 aromatic rings. The summed E-state index contributed by atoms with van der Waals surface area (Å²) < 4.78 is 21.3. The predicted octanol–water partition coefficient (Wildman–Crippen LogP) is 1.21. The lowest BCUT2D eigenvalue weighted by Gasteiger charge is -2.37. The number of carbonyl (C=O) groups is 1. The summed E-state index contributed by atoms with van der Waals surface area (Å²) in [6, 6.07) is 6.75. The highest BCUT2D eigenvalue weighted by Gasteiger charge is 2.52. The molecule has 6 unspecified atom stereocenters. The van der Waals surface area contributed by atoms with Crippen LogP contribution < -0.4 is 4.74 Å². The van der Waals surface area contributed by atoms with E-state index in [1.54, 1.807) is 31.2 Å². The van der Waals surface area contributed by atoms with Crippen LogP contribution in [-0.4, -0.2) is 76.4 Å². The Balaban J connectivity index is 1.33. The molecule has 0 radical (unpaired) electrons. The summed E-state index contributed by atoms with van der Waals surface area (Å²) in [4.78, 5) is 11.8. The topological polar surface area (TPSA) is 138 Å². The van der Waals surface area contributed by atoms with E-state index >= 15 is 0 Å². The highest BCUT2D eigenvalue weighted by Crippen LogP contribution is 2.34. The first-order valence-electron chi connectivity index (χ1n) is 11.3. The van der Waals surface area contributed by atoms with Gasteiger partial charge in [0.15, 0.2) is 11.9 Å². The van der Waals surface area contributed by atoms with Gasteiger partial charge in [-0.05, 0) is 43.9 Å². The van der Waals surface area contributed by atoms with Crippen LogP contribution in [0.15, 0.2) is 24.3 Å². The molecule has 9 nitrogen and oxygen atoms in total. The molecule has 0 aliphatic carbocycles. The van der Waals surface area contributed by atoms with Crippen molar-refractivity contribution in [2.75, 3.05) is 19.8 Å². The Hall–Kier alpha value is -1.75. The quantitative estimate of drug-likeness (QED) is 0.208. The van der Waals surface area contributed by atoms with Crippen molar-refractivity contribution in [3.8, 4) is 5.75 Å². The van der Waals surface area contributed by atoms with Crippen LogP contribution in [0, 0.1) is 0 Å². The molecule has 4 N–H and O–H groups in total. The lowest BCUT2D eigenvalue weighted by Crippen LogP contribution is -2.50. The van der Waals surface area contributed by atoms with Crippen molar-refractivity contribution in [3.05, 3.63) is 29.8 Å². The maximum Gasteiger partial charge on any atom is 0.340 e. The normalized spacial score (nSPS) is 30.5.